The first-order valence-electron chi connectivity index (χ1n) is 20.1. The second kappa shape index (κ2) is 17.5. The summed E-state index contributed by atoms with van der Waals surface area (Å²) in [5.41, 5.74) is -0.774. The summed E-state index contributed by atoms with van der Waals surface area (Å²) in [6, 6.07) is 11.6. The Morgan fingerprint density at radius 2 is 1.71 bits per heavy atom. The van der Waals surface area contributed by atoms with E-state index >= 15 is 4.79 Å². The standard InChI is InChI=1S/C42H58O13S2Si/c1-10-27(28-19-26(53-38(56)57-9)20-31(47-6)54-28)39(5)34(44)32-33-40(23-50-32,36(45)48-7)29(43)21-30(55-58(11-2,12-3)13-4)41(33)24-52-42(35(39)41,37(46)49-8)51-22-25-17-15-14-16-18-25/h14-18,26,28-33,35,43H,1,11-13,19-24H2,2-9H3/t26-,28+,29-,30+,31+,32-,33+,35+,39-,40+,41+,42+/m1/s1. The van der Waals surface area contributed by atoms with Crippen molar-refractivity contribution in [3.8, 4) is 0 Å². The van der Waals surface area contributed by atoms with Crippen molar-refractivity contribution >= 4 is 54.4 Å². The van der Waals surface area contributed by atoms with E-state index < -0.39 is 96.7 Å². The minimum absolute atomic E-state index is 0.0304. The predicted molar refractivity (Wildman–Crippen MR) is 220 cm³/mol. The second-order valence-electron chi connectivity index (χ2n) is 16.2. The lowest BCUT2D eigenvalue weighted by atomic mass is 9.39. The topological polar surface area (TPSA) is 155 Å². The summed E-state index contributed by atoms with van der Waals surface area (Å²) in [6.07, 6.45) is -3.20. The number of Topliss-reactive ketones (excluding diaryl/α,β-unsaturated/α-hetero) is 1. The maximum absolute atomic E-state index is 15.9. The molecule has 2 aliphatic carbocycles. The molecule has 3 aliphatic heterocycles. The van der Waals surface area contributed by atoms with Crippen LogP contribution in [0, 0.1) is 28.1 Å². The van der Waals surface area contributed by atoms with Crippen LogP contribution in [-0.4, -0.2) is 119 Å². The zero-order valence-corrected chi connectivity index (χ0v) is 37.4. The first-order valence-corrected chi connectivity index (χ1v) is 24.2. The number of methoxy groups -OCH3 is 3. The van der Waals surface area contributed by atoms with Gasteiger partial charge in [0.25, 0.3) is 5.79 Å². The van der Waals surface area contributed by atoms with E-state index in [1.54, 1.807) is 6.92 Å². The number of ether oxygens (including phenoxy) is 8. The summed E-state index contributed by atoms with van der Waals surface area (Å²) in [5.74, 6) is -6.72. The summed E-state index contributed by atoms with van der Waals surface area (Å²) >= 11 is 6.74. The molecule has 0 aromatic heterocycles. The molecular weight excluding hydrogens is 805 g/mol. The number of ketones is 1. The van der Waals surface area contributed by atoms with Crippen molar-refractivity contribution in [1.82, 2.24) is 0 Å². The van der Waals surface area contributed by atoms with Crippen molar-refractivity contribution in [3.63, 3.8) is 0 Å². The summed E-state index contributed by atoms with van der Waals surface area (Å²) in [6.45, 7) is 11.5. The van der Waals surface area contributed by atoms with E-state index in [2.05, 4.69) is 33.1 Å². The molecule has 5 aliphatic rings. The number of aliphatic hydroxyl groups is 1. The third-order valence-electron chi connectivity index (χ3n) is 14.0. The van der Waals surface area contributed by atoms with Crippen molar-refractivity contribution in [2.24, 2.45) is 28.1 Å². The molecule has 3 saturated heterocycles. The summed E-state index contributed by atoms with van der Waals surface area (Å²) in [5, 5.41) is 12.3. The van der Waals surface area contributed by atoms with Crippen LogP contribution in [0.15, 0.2) is 48.2 Å². The van der Waals surface area contributed by atoms with Gasteiger partial charge in [-0.05, 0) is 49.1 Å². The largest absolute Gasteiger partial charge is 0.475 e. The highest BCUT2D eigenvalue weighted by molar-refractivity contribution is 8.22. The van der Waals surface area contributed by atoms with Crippen molar-refractivity contribution < 1.29 is 61.8 Å². The lowest BCUT2D eigenvalue weighted by molar-refractivity contribution is -0.270. The molecule has 1 spiro atoms. The van der Waals surface area contributed by atoms with E-state index in [-0.39, 0.29) is 32.7 Å². The van der Waals surface area contributed by atoms with Gasteiger partial charge in [0.15, 0.2) is 20.4 Å². The fourth-order valence-electron chi connectivity index (χ4n) is 11.1. The Kier molecular flexibility index (Phi) is 13.6. The van der Waals surface area contributed by atoms with E-state index in [9.17, 15) is 14.7 Å². The highest BCUT2D eigenvalue weighted by atomic mass is 32.2. The second-order valence-corrected chi connectivity index (χ2v) is 22.4. The van der Waals surface area contributed by atoms with Gasteiger partial charge in [-0.3, -0.25) is 9.59 Å². The molecule has 0 unspecified atom stereocenters. The van der Waals surface area contributed by atoms with Gasteiger partial charge >= 0.3 is 11.9 Å². The Balaban J connectivity index is 1.66. The zero-order chi connectivity index (χ0) is 42.3. The van der Waals surface area contributed by atoms with Crippen molar-refractivity contribution in [3.05, 3.63) is 53.8 Å². The Hall–Kier alpha value is -2.47. The molecule has 1 N–H and O–H groups in total. The van der Waals surface area contributed by atoms with Crippen LogP contribution in [-0.2, 0) is 63.3 Å². The van der Waals surface area contributed by atoms with Crippen LogP contribution >= 0.6 is 24.0 Å². The lowest BCUT2D eigenvalue weighted by Crippen LogP contribution is -2.76. The Morgan fingerprint density at radius 3 is 2.29 bits per heavy atom. The smallest absolute Gasteiger partial charge is 0.366 e. The van der Waals surface area contributed by atoms with Gasteiger partial charge in [-0.25, -0.2) is 4.79 Å². The maximum Gasteiger partial charge on any atom is 0.366 e. The van der Waals surface area contributed by atoms with Crippen LogP contribution in [0.2, 0.25) is 18.1 Å². The van der Waals surface area contributed by atoms with E-state index in [1.807, 2.05) is 36.6 Å². The van der Waals surface area contributed by atoms with Gasteiger partial charge in [0.2, 0.25) is 4.38 Å². The van der Waals surface area contributed by atoms with Crippen LogP contribution in [0.25, 0.3) is 0 Å². The number of aliphatic hydroxyl groups excluding tert-OH is 1. The predicted octanol–water partition coefficient (Wildman–Crippen LogP) is 5.52. The minimum atomic E-state index is -2.56. The van der Waals surface area contributed by atoms with E-state index in [0.29, 0.717) is 16.4 Å². The molecule has 12 atom stereocenters. The van der Waals surface area contributed by atoms with Crippen LogP contribution < -0.4 is 0 Å². The van der Waals surface area contributed by atoms with Gasteiger partial charge in [-0.1, -0.05) is 69.4 Å². The fourth-order valence-corrected chi connectivity index (χ4v) is 14.4. The highest BCUT2D eigenvalue weighted by Crippen LogP contribution is 2.74. The van der Waals surface area contributed by atoms with Gasteiger partial charge in [-0.2, -0.15) is 0 Å². The average molecular weight is 863 g/mol. The SMILES string of the molecule is C=C=C([C@@H]1C[C@@H](OC(=S)SC)C[C@@H](OC)O1)[C@]1(C)C(=O)[C@@H]2OC[C@]3(C(=O)OC)[C@H](O)C[C@H](O[Si](CC)(CC)CC)[C@@]4(CO[C@](OCc5ccccc5)(C(=O)OC)[C@@H]14)[C@@H]23. The Morgan fingerprint density at radius 1 is 1.03 bits per heavy atom. The molecule has 2 saturated carbocycles. The molecule has 5 fully saturated rings. The molecule has 58 heavy (non-hydrogen) atoms. The Labute approximate surface area is 351 Å². The molecule has 1 aromatic rings. The maximum atomic E-state index is 15.9. The zero-order valence-electron chi connectivity index (χ0n) is 34.7. The fraction of sp³-hybridized carbons (Fsp3) is 0.690. The molecule has 1 aromatic carbocycles. The van der Waals surface area contributed by atoms with Crippen molar-refractivity contribution in [1.29, 1.82) is 0 Å². The number of thiocarbonyl (C=S) groups is 1. The first kappa shape index (κ1) is 45.1. The van der Waals surface area contributed by atoms with E-state index in [0.717, 1.165) is 23.7 Å². The molecule has 16 heteroatoms. The van der Waals surface area contributed by atoms with Crippen LogP contribution in [0.5, 0.6) is 0 Å². The van der Waals surface area contributed by atoms with Gasteiger partial charge < -0.3 is 47.4 Å². The number of thioether (sulfide) groups is 1. The number of rotatable bonds is 14. The van der Waals surface area contributed by atoms with Crippen LogP contribution in [0.4, 0.5) is 0 Å². The molecular formula is C42H58O13S2Si. The molecule has 13 nitrogen and oxygen atoms in total. The molecule has 0 bridgehead atoms. The van der Waals surface area contributed by atoms with Crippen molar-refractivity contribution in [2.45, 2.75) is 114 Å². The van der Waals surface area contributed by atoms with E-state index in [4.69, 9.17) is 54.5 Å². The summed E-state index contributed by atoms with van der Waals surface area (Å²) < 4.78 is 57.5. The molecule has 0 radical (unpaired) electrons. The minimum Gasteiger partial charge on any atom is -0.475 e. The third kappa shape index (κ3) is 6.88. The van der Waals surface area contributed by atoms with Crippen molar-refractivity contribution in [2.75, 3.05) is 40.8 Å². The molecule has 0 amide bonds. The van der Waals surface area contributed by atoms with Gasteiger partial charge in [0, 0.05) is 43.3 Å². The van der Waals surface area contributed by atoms with Gasteiger partial charge in [-0.15, -0.1) is 5.73 Å². The van der Waals surface area contributed by atoms with Gasteiger partial charge in [0.05, 0.1) is 63.7 Å². The highest BCUT2D eigenvalue weighted by Gasteiger charge is 2.86. The molecule has 6 rings (SSSR count). The molecule has 320 valence electrons. The van der Waals surface area contributed by atoms with Crippen LogP contribution in [0.1, 0.15) is 52.5 Å². The first-order chi connectivity index (χ1) is 27.7. The summed E-state index contributed by atoms with van der Waals surface area (Å²) in [7, 11) is 1.45. The van der Waals surface area contributed by atoms with Crippen LogP contribution in [0.3, 0.4) is 0 Å². The normalized spacial score (nSPS) is 37.9. The number of carbonyl (C=O) groups is 3. The third-order valence-corrected chi connectivity index (χ3v) is 19.7. The Bertz CT molecular complexity index is 1760. The summed E-state index contributed by atoms with van der Waals surface area (Å²) in [4.78, 5) is 45.0. The molecule has 3 heterocycles. The quantitative estimate of drug-likeness (QED) is 0.108. The monoisotopic (exact) mass is 862 g/mol. The lowest BCUT2D eigenvalue weighted by Gasteiger charge is -2.64. The number of carbonyl (C=O) groups excluding carboxylic acids is 3. The number of hydrogen-bond donors (Lipinski definition) is 1. The number of esters is 2. The number of benzene rings is 1. The number of hydrogen-bond acceptors (Lipinski definition) is 15. The van der Waals surface area contributed by atoms with Gasteiger partial charge in [0.1, 0.15) is 17.6 Å². The van der Waals surface area contributed by atoms with E-state index in [1.165, 1.54) is 33.1 Å². The average Bonchev–Trinajstić information content (AvgIpc) is 3.83.